The van der Waals surface area contributed by atoms with Crippen molar-refractivity contribution in [3.05, 3.63) is 71.3 Å². The summed E-state index contributed by atoms with van der Waals surface area (Å²) >= 11 is 0. The second-order valence-electron chi connectivity index (χ2n) is 11.9. The standard InChI is InChI=1S/C33H44N4O4/c1-24-10-8-11-25(22-24)15-16-27-30(39)34-19-9-13-26-12-4-5-14-28(26)41-21-20-35-33(17-6-7-18-33)23-29(38)37-32(2,3)31(40)36-27/h4-5,8-14,22,27,35H,6-7,15-21,23H2,1-3H3,(H,34,39)(H,36,40)(H,37,38)/b13-9+. The van der Waals surface area contributed by atoms with Crippen LogP contribution in [0.4, 0.5) is 0 Å². The Morgan fingerprint density at radius 1 is 1.00 bits per heavy atom. The minimum absolute atomic E-state index is 0.186. The Hall–Kier alpha value is -3.65. The van der Waals surface area contributed by atoms with Gasteiger partial charge in [0.2, 0.25) is 17.7 Å². The van der Waals surface area contributed by atoms with Gasteiger partial charge in [-0.1, -0.05) is 73.0 Å². The molecule has 4 N–H and O–H groups in total. The Bertz CT molecular complexity index is 1250. The van der Waals surface area contributed by atoms with Crippen molar-refractivity contribution in [2.75, 3.05) is 19.7 Å². The number of aryl methyl sites for hydroxylation is 2. The molecule has 0 bridgehead atoms. The van der Waals surface area contributed by atoms with Crippen molar-refractivity contribution >= 4 is 23.8 Å². The van der Waals surface area contributed by atoms with Crippen LogP contribution in [0.15, 0.2) is 54.6 Å². The third kappa shape index (κ3) is 8.67. The van der Waals surface area contributed by atoms with Gasteiger partial charge in [0.25, 0.3) is 0 Å². The van der Waals surface area contributed by atoms with E-state index in [1.807, 2.05) is 61.5 Å². The molecule has 1 aliphatic heterocycles. The highest BCUT2D eigenvalue weighted by atomic mass is 16.5. The summed E-state index contributed by atoms with van der Waals surface area (Å²) in [5.74, 6) is -0.0828. The molecule has 8 nitrogen and oxygen atoms in total. The van der Waals surface area contributed by atoms with E-state index in [-0.39, 0.29) is 29.7 Å². The van der Waals surface area contributed by atoms with E-state index in [2.05, 4.69) is 27.3 Å². The molecule has 41 heavy (non-hydrogen) atoms. The molecule has 2 aromatic carbocycles. The predicted molar refractivity (Wildman–Crippen MR) is 161 cm³/mol. The highest BCUT2D eigenvalue weighted by Crippen LogP contribution is 2.33. The molecule has 1 aliphatic carbocycles. The first kappa shape index (κ1) is 30.3. The van der Waals surface area contributed by atoms with Crippen molar-refractivity contribution < 1.29 is 19.1 Å². The summed E-state index contributed by atoms with van der Waals surface area (Å²) < 4.78 is 6.09. The molecular formula is C33H44N4O4. The van der Waals surface area contributed by atoms with E-state index in [0.29, 0.717) is 32.5 Å². The summed E-state index contributed by atoms with van der Waals surface area (Å²) in [5, 5.41) is 12.4. The van der Waals surface area contributed by atoms with E-state index < -0.39 is 11.6 Å². The molecule has 1 spiro atoms. The maximum Gasteiger partial charge on any atom is 0.245 e. The van der Waals surface area contributed by atoms with Crippen LogP contribution >= 0.6 is 0 Å². The van der Waals surface area contributed by atoms with Gasteiger partial charge < -0.3 is 26.0 Å². The number of rotatable bonds is 3. The van der Waals surface area contributed by atoms with Crippen LogP contribution in [0.1, 0.15) is 69.1 Å². The molecule has 4 rings (SSSR count). The summed E-state index contributed by atoms with van der Waals surface area (Å²) in [6, 6.07) is 15.2. The van der Waals surface area contributed by atoms with Crippen molar-refractivity contribution in [2.24, 2.45) is 0 Å². The van der Waals surface area contributed by atoms with E-state index >= 15 is 0 Å². The zero-order chi connectivity index (χ0) is 29.3. The van der Waals surface area contributed by atoms with Gasteiger partial charge in [-0.15, -0.1) is 0 Å². The van der Waals surface area contributed by atoms with Crippen molar-refractivity contribution in [2.45, 2.75) is 82.8 Å². The molecule has 3 amide bonds. The van der Waals surface area contributed by atoms with Gasteiger partial charge in [-0.25, -0.2) is 0 Å². The first-order chi connectivity index (χ1) is 19.7. The van der Waals surface area contributed by atoms with Crippen LogP contribution in [-0.4, -0.2) is 54.5 Å². The number of carbonyl (C=O) groups is 3. The Kier molecular flexibility index (Phi) is 10.2. The monoisotopic (exact) mass is 560 g/mol. The zero-order valence-corrected chi connectivity index (χ0v) is 24.6. The average Bonchev–Trinajstić information content (AvgIpc) is 3.39. The second kappa shape index (κ2) is 13.8. The maximum absolute atomic E-state index is 13.4. The molecule has 0 aromatic heterocycles. The van der Waals surface area contributed by atoms with Gasteiger partial charge in [0, 0.05) is 30.6 Å². The fourth-order valence-electron chi connectivity index (χ4n) is 5.71. The van der Waals surface area contributed by atoms with Gasteiger partial charge in [-0.3, -0.25) is 14.4 Å². The van der Waals surface area contributed by atoms with Gasteiger partial charge in [0.15, 0.2) is 0 Å². The second-order valence-corrected chi connectivity index (χ2v) is 11.9. The van der Waals surface area contributed by atoms with Crippen LogP contribution in [0.5, 0.6) is 5.75 Å². The third-order valence-electron chi connectivity index (χ3n) is 7.98. The quantitative estimate of drug-likeness (QED) is 0.457. The molecule has 1 saturated carbocycles. The molecule has 2 aromatic rings. The van der Waals surface area contributed by atoms with Crippen LogP contribution in [0.25, 0.3) is 6.08 Å². The lowest BCUT2D eigenvalue weighted by Gasteiger charge is -2.33. The highest BCUT2D eigenvalue weighted by Gasteiger charge is 2.38. The van der Waals surface area contributed by atoms with Gasteiger partial charge >= 0.3 is 0 Å². The zero-order valence-electron chi connectivity index (χ0n) is 24.6. The summed E-state index contributed by atoms with van der Waals surface area (Å²) in [6.07, 6.45) is 9.04. The van der Waals surface area contributed by atoms with Crippen molar-refractivity contribution in [3.63, 3.8) is 0 Å². The molecule has 0 saturated heterocycles. The summed E-state index contributed by atoms with van der Waals surface area (Å²) in [6.45, 7) is 6.76. The van der Waals surface area contributed by atoms with E-state index in [0.717, 1.165) is 48.1 Å². The van der Waals surface area contributed by atoms with Crippen molar-refractivity contribution in [3.8, 4) is 5.75 Å². The van der Waals surface area contributed by atoms with Gasteiger partial charge in [0.05, 0.1) is 0 Å². The van der Waals surface area contributed by atoms with E-state index in [4.69, 9.17) is 4.74 Å². The summed E-state index contributed by atoms with van der Waals surface area (Å²) in [7, 11) is 0. The Labute approximate surface area is 243 Å². The van der Waals surface area contributed by atoms with Gasteiger partial charge in [-0.05, 0) is 58.1 Å². The summed E-state index contributed by atoms with van der Waals surface area (Å²) in [5.41, 5.74) is 1.65. The largest absolute Gasteiger partial charge is 0.492 e. The van der Waals surface area contributed by atoms with Crippen molar-refractivity contribution in [1.82, 2.24) is 21.3 Å². The topological polar surface area (TPSA) is 109 Å². The first-order valence-electron chi connectivity index (χ1n) is 14.7. The van der Waals surface area contributed by atoms with E-state index in [1.54, 1.807) is 13.8 Å². The van der Waals surface area contributed by atoms with Crippen LogP contribution in [-0.2, 0) is 20.8 Å². The number of hydrogen-bond donors (Lipinski definition) is 4. The Balaban J connectivity index is 1.55. The normalized spacial score (nSPS) is 22.6. The average molecular weight is 561 g/mol. The molecule has 0 radical (unpaired) electrons. The molecule has 2 aliphatic rings. The molecule has 8 heteroatoms. The number of fused-ring (bicyclic) bond motifs is 1. The minimum atomic E-state index is -1.19. The number of para-hydroxylation sites is 1. The number of amides is 3. The minimum Gasteiger partial charge on any atom is -0.492 e. The lowest BCUT2D eigenvalue weighted by atomic mass is 9.91. The fourth-order valence-corrected chi connectivity index (χ4v) is 5.71. The number of hydrogen-bond acceptors (Lipinski definition) is 5. The lowest BCUT2D eigenvalue weighted by molar-refractivity contribution is -0.135. The van der Waals surface area contributed by atoms with E-state index in [1.165, 1.54) is 0 Å². The number of carbonyl (C=O) groups excluding carboxylic acids is 3. The predicted octanol–water partition coefficient (Wildman–Crippen LogP) is 3.82. The maximum atomic E-state index is 13.4. The van der Waals surface area contributed by atoms with E-state index in [9.17, 15) is 14.4 Å². The van der Waals surface area contributed by atoms with Gasteiger partial charge in [-0.2, -0.15) is 0 Å². The Morgan fingerprint density at radius 2 is 1.78 bits per heavy atom. The van der Waals surface area contributed by atoms with Crippen LogP contribution in [0, 0.1) is 6.92 Å². The molecule has 1 unspecified atom stereocenters. The van der Waals surface area contributed by atoms with Crippen LogP contribution in [0.3, 0.4) is 0 Å². The molecule has 1 heterocycles. The van der Waals surface area contributed by atoms with Crippen LogP contribution in [0.2, 0.25) is 0 Å². The third-order valence-corrected chi connectivity index (χ3v) is 7.98. The Morgan fingerprint density at radius 3 is 2.56 bits per heavy atom. The molecule has 220 valence electrons. The number of ether oxygens (including phenoxy) is 1. The highest BCUT2D eigenvalue weighted by molar-refractivity contribution is 5.94. The van der Waals surface area contributed by atoms with Gasteiger partial charge in [0.1, 0.15) is 23.9 Å². The smallest absolute Gasteiger partial charge is 0.245 e. The fraction of sp³-hybridized carbons (Fsp3) is 0.485. The van der Waals surface area contributed by atoms with Crippen molar-refractivity contribution in [1.29, 1.82) is 0 Å². The molecule has 1 atom stereocenters. The number of nitrogens with one attached hydrogen (secondary N) is 4. The van der Waals surface area contributed by atoms with Crippen LogP contribution < -0.4 is 26.0 Å². The first-order valence-corrected chi connectivity index (χ1v) is 14.7. The molecule has 1 fully saturated rings. The molecular weight excluding hydrogens is 516 g/mol. The lowest BCUT2D eigenvalue weighted by Crippen LogP contribution is -2.60. The summed E-state index contributed by atoms with van der Waals surface area (Å²) in [4.78, 5) is 40.0. The number of benzene rings is 2. The SMILES string of the molecule is Cc1cccc(CCC2NC(=O)C(C)(C)NC(=O)CC3(CCCC3)NCCOc3ccccc3/C=C/CNC2=O)c1.